The average molecular weight is 453 g/mol. The van der Waals surface area contributed by atoms with Crippen LogP contribution in [0, 0.1) is 0 Å². The number of halogens is 3. The fourth-order valence-electron chi connectivity index (χ4n) is 3.95. The van der Waals surface area contributed by atoms with Gasteiger partial charge in [0.05, 0.1) is 41.9 Å². The molecule has 1 aromatic carbocycles. The Hall–Kier alpha value is -2.81. The summed E-state index contributed by atoms with van der Waals surface area (Å²) in [7, 11) is 0. The lowest BCUT2D eigenvalue weighted by atomic mass is 9.81. The summed E-state index contributed by atoms with van der Waals surface area (Å²) in [4.78, 5) is 27.3. The molecule has 6 nitrogen and oxygen atoms in total. The molecule has 9 heteroatoms. The molecule has 0 N–H and O–H groups in total. The van der Waals surface area contributed by atoms with E-state index in [0.29, 0.717) is 13.2 Å². The number of nitrogens with zero attached hydrogens (tertiary/aromatic N) is 1. The first-order valence-electron chi connectivity index (χ1n) is 10.6. The SMILES string of the molecule is CCOC(=O)C1=CN(C[C@@H]2CCCO2)C=C(C(=O)OCC)C1c1ccccc1C(F)(F)F. The number of ether oxygens (including phenoxy) is 3. The molecule has 0 radical (unpaired) electrons. The van der Waals surface area contributed by atoms with Crippen molar-refractivity contribution in [2.75, 3.05) is 26.4 Å². The highest BCUT2D eigenvalue weighted by atomic mass is 19.4. The van der Waals surface area contributed by atoms with Crippen LogP contribution in [0.25, 0.3) is 0 Å². The molecule has 32 heavy (non-hydrogen) atoms. The highest BCUT2D eigenvalue weighted by Gasteiger charge is 2.42. The molecule has 1 aromatic rings. The van der Waals surface area contributed by atoms with Gasteiger partial charge in [-0.3, -0.25) is 0 Å². The average Bonchev–Trinajstić information content (AvgIpc) is 3.26. The first-order valence-corrected chi connectivity index (χ1v) is 10.6. The number of benzene rings is 1. The molecule has 0 aromatic heterocycles. The fraction of sp³-hybridized carbons (Fsp3) is 0.478. The number of alkyl halides is 3. The van der Waals surface area contributed by atoms with Crippen molar-refractivity contribution in [2.45, 2.75) is 44.9 Å². The van der Waals surface area contributed by atoms with Crippen molar-refractivity contribution < 1.29 is 37.0 Å². The highest BCUT2D eigenvalue weighted by molar-refractivity contribution is 5.98. The van der Waals surface area contributed by atoms with Gasteiger partial charge in [0.15, 0.2) is 0 Å². The van der Waals surface area contributed by atoms with E-state index in [1.54, 1.807) is 18.7 Å². The summed E-state index contributed by atoms with van der Waals surface area (Å²) in [5.74, 6) is -2.87. The number of carbonyl (C=O) groups is 2. The highest BCUT2D eigenvalue weighted by Crippen LogP contribution is 2.43. The van der Waals surface area contributed by atoms with Crippen molar-refractivity contribution in [1.82, 2.24) is 4.90 Å². The molecule has 1 saturated heterocycles. The lowest BCUT2D eigenvalue weighted by Gasteiger charge is -2.32. The van der Waals surface area contributed by atoms with Crippen LogP contribution in [0.1, 0.15) is 43.7 Å². The second-order valence-corrected chi connectivity index (χ2v) is 7.46. The van der Waals surface area contributed by atoms with E-state index in [0.717, 1.165) is 18.9 Å². The normalized spacial score (nSPS) is 19.4. The Morgan fingerprint density at radius 1 is 1.06 bits per heavy atom. The van der Waals surface area contributed by atoms with E-state index in [-0.39, 0.29) is 36.0 Å². The van der Waals surface area contributed by atoms with E-state index < -0.39 is 29.6 Å². The Bertz CT molecular complexity index is 867. The molecule has 1 fully saturated rings. The van der Waals surface area contributed by atoms with Gasteiger partial charge in [0.2, 0.25) is 0 Å². The second kappa shape index (κ2) is 10.2. The Morgan fingerprint density at radius 3 is 2.16 bits per heavy atom. The third kappa shape index (κ3) is 5.32. The van der Waals surface area contributed by atoms with Crippen LogP contribution in [0.2, 0.25) is 0 Å². The standard InChI is InChI=1S/C23H26F3NO5/c1-3-30-21(28)17-13-27(12-15-8-7-11-32-15)14-18(22(29)31-4-2)20(17)16-9-5-6-10-19(16)23(24,25)26/h5-6,9-10,13-15,20H,3-4,7-8,11-12H2,1-2H3/t15-/m0/s1. The summed E-state index contributed by atoms with van der Waals surface area (Å²) in [5, 5.41) is 0. The summed E-state index contributed by atoms with van der Waals surface area (Å²) < 4.78 is 57.3. The maximum Gasteiger partial charge on any atom is 0.416 e. The van der Waals surface area contributed by atoms with Gasteiger partial charge in [0.25, 0.3) is 0 Å². The van der Waals surface area contributed by atoms with Crippen LogP contribution in [0.15, 0.2) is 47.8 Å². The molecule has 2 aliphatic heterocycles. The zero-order chi connectivity index (χ0) is 23.3. The predicted octanol–water partition coefficient (Wildman–Crippen LogP) is 4.18. The van der Waals surface area contributed by atoms with Gasteiger partial charge in [-0.1, -0.05) is 18.2 Å². The minimum Gasteiger partial charge on any atom is -0.463 e. The minimum atomic E-state index is -4.68. The molecule has 0 amide bonds. The Kier molecular flexibility index (Phi) is 7.60. The zero-order valence-electron chi connectivity index (χ0n) is 18.0. The van der Waals surface area contributed by atoms with Crippen LogP contribution in [-0.4, -0.2) is 49.3 Å². The fourth-order valence-corrected chi connectivity index (χ4v) is 3.95. The first-order chi connectivity index (χ1) is 15.3. The maximum atomic E-state index is 13.8. The van der Waals surface area contributed by atoms with Gasteiger partial charge in [-0.2, -0.15) is 13.2 Å². The summed E-state index contributed by atoms with van der Waals surface area (Å²) in [6.45, 7) is 4.24. The van der Waals surface area contributed by atoms with Crippen molar-refractivity contribution in [3.63, 3.8) is 0 Å². The molecule has 2 aliphatic rings. The van der Waals surface area contributed by atoms with E-state index >= 15 is 0 Å². The lowest BCUT2D eigenvalue weighted by molar-refractivity contribution is -0.142. The first kappa shape index (κ1) is 23.8. The monoisotopic (exact) mass is 453 g/mol. The van der Waals surface area contributed by atoms with Gasteiger partial charge in [-0.25, -0.2) is 9.59 Å². The van der Waals surface area contributed by atoms with Crippen LogP contribution in [-0.2, 0) is 30.0 Å². The maximum absolute atomic E-state index is 13.8. The number of hydrogen-bond acceptors (Lipinski definition) is 6. The molecule has 174 valence electrons. The van der Waals surface area contributed by atoms with E-state index in [9.17, 15) is 22.8 Å². The van der Waals surface area contributed by atoms with E-state index in [1.807, 2.05) is 0 Å². The number of rotatable bonds is 7. The third-order valence-corrected chi connectivity index (χ3v) is 5.27. The summed E-state index contributed by atoms with van der Waals surface area (Å²) in [5.41, 5.74) is -1.27. The molecule has 0 spiro atoms. The van der Waals surface area contributed by atoms with E-state index in [2.05, 4.69) is 0 Å². The smallest absolute Gasteiger partial charge is 0.416 e. The quantitative estimate of drug-likeness (QED) is 0.578. The van der Waals surface area contributed by atoms with Crippen LogP contribution in [0.4, 0.5) is 13.2 Å². The van der Waals surface area contributed by atoms with Gasteiger partial charge < -0.3 is 19.1 Å². The molecule has 3 rings (SSSR count). The molecule has 2 heterocycles. The van der Waals surface area contributed by atoms with Crippen LogP contribution in [0.5, 0.6) is 0 Å². The zero-order valence-corrected chi connectivity index (χ0v) is 18.0. The summed E-state index contributed by atoms with van der Waals surface area (Å²) in [6.07, 6.45) is -0.204. The number of carbonyl (C=O) groups excluding carboxylic acids is 2. The molecule has 0 bridgehead atoms. The van der Waals surface area contributed by atoms with E-state index in [1.165, 1.54) is 30.6 Å². The molecule has 0 aliphatic carbocycles. The van der Waals surface area contributed by atoms with Gasteiger partial charge in [0, 0.05) is 25.6 Å². The van der Waals surface area contributed by atoms with Gasteiger partial charge in [0.1, 0.15) is 0 Å². The Labute approximate surface area is 184 Å². The van der Waals surface area contributed by atoms with Crippen LogP contribution < -0.4 is 0 Å². The van der Waals surface area contributed by atoms with Crippen molar-refractivity contribution in [3.8, 4) is 0 Å². The minimum absolute atomic E-state index is 0.0357. The van der Waals surface area contributed by atoms with Crippen LogP contribution in [0.3, 0.4) is 0 Å². The number of hydrogen-bond donors (Lipinski definition) is 0. The Balaban J connectivity index is 2.13. The summed E-state index contributed by atoms with van der Waals surface area (Å²) >= 11 is 0. The molecule has 0 saturated carbocycles. The van der Waals surface area contributed by atoms with Crippen LogP contribution >= 0.6 is 0 Å². The third-order valence-electron chi connectivity index (χ3n) is 5.27. The lowest BCUT2D eigenvalue weighted by Crippen LogP contribution is -2.33. The number of esters is 2. The van der Waals surface area contributed by atoms with Crippen molar-refractivity contribution in [3.05, 3.63) is 58.9 Å². The molecule has 0 unspecified atom stereocenters. The van der Waals surface area contributed by atoms with Gasteiger partial charge >= 0.3 is 18.1 Å². The summed E-state index contributed by atoms with van der Waals surface area (Å²) in [6, 6.07) is 4.90. The van der Waals surface area contributed by atoms with Crippen molar-refractivity contribution in [1.29, 1.82) is 0 Å². The second-order valence-electron chi connectivity index (χ2n) is 7.46. The predicted molar refractivity (Wildman–Crippen MR) is 109 cm³/mol. The molecular weight excluding hydrogens is 427 g/mol. The van der Waals surface area contributed by atoms with Crippen molar-refractivity contribution >= 4 is 11.9 Å². The van der Waals surface area contributed by atoms with Gasteiger partial charge in [-0.05, 0) is 38.3 Å². The van der Waals surface area contributed by atoms with Gasteiger partial charge in [-0.15, -0.1) is 0 Å². The van der Waals surface area contributed by atoms with Crippen molar-refractivity contribution in [2.24, 2.45) is 0 Å². The molecular formula is C23H26F3NO5. The largest absolute Gasteiger partial charge is 0.463 e. The topological polar surface area (TPSA) is 65.1 Å². The molecule has 1 atom stereocenters. The Morgan fingerprint density at radius 2 is 1.66 bits per heavy atom. The van der Waals surface area contributed by atoms with E-state index in [4.69, 9.17) is 14.2 Å².